The predicted molar refractivity (Wildman–Crippen MR) is 76.9 cm³/mol. The smallest absolute Gasteiger partial charge is 0.134 e. The van der Waals surface area contributed by atoms with Gasteiger partial charge in [0.1, 0.15) is 21.0 Å². The van der Waals surface area contributed by atoms with Gasteiger partial charge < -0.3 is 0 Å². The number of halogens is 1. The second kappa shape index (κ2) is 5.10. The lowest BCUT2D eigenvalue weighted by molar-refractivity contribution is 0.876. The molecule has 2 aromatic heterocycles. The molecule has 0 amide bonds. The first-order valence-electron chi connectivity index (χ1n) is 6.28. The third-order valence-corrected chi connectivity index (χ3v) is 3.94. The molecule has 0 N–H and O–H groups in total. The lowest BCUT2D eigenvalue weighted by Crippen LogP contribution is -1.95. The molecule has 1 aliphatic rings. The fraction of sp³-hybridized carbons (Fsp3) is 0.357. The van der Waals surface area contributed by atoms with Gasteiger partial charge in [-0.15, -0.1) is 0 Å². The molecule has 1 aliphatic carbocycles. The average Bonchev–Trinajstić information content (AvgIpc) is 3.09. The number of hydrogen-bond donors (Lipinski definition) is 0. The molecule has 98 valence electrons. The van der Waals surface area contributed by atoms with E-state index in [9.17, 15) is 0 Å². The molecule has 2 heterocycles. The van der Waals surface area contributed by atoms with Crippen molar-refractivity contribution in [1.82, 2.24) is 15.0 Å². The number of hydrogen-bond acceptors (Lipinski definition) is 4. The summed E-state index contributed by atoms with van der Waals surface area (Å²) in [6, 6.07) is 5.93. The molecule has 19 heavy (non-hydrogen) atoms. The summed E-state index contributed by atoms with van der Waals surface area (Å²) in [6.45, 7) is 4.07. The van der Waals surface area contributed by atoms with E-state index in [0.29, 0.717) is 11.1 Å². The molecule has 0 spiro atoms. The van der Waals surface area contributed by atoms with E-state index in [-0.39, 0.29) is 0 Å². The molecular formula is C14H14ClN3S. The van der Waals surface area contributed by atoms with Gasteiger partial charge in [0.2, 0.25) is 0 Å². The molecule has 5 heteroatoms. The lowest BCUT2D eigenvalue weighted by Gasteiger charge is -2.05. The zero-order valence-electron chi connectivity index (χ0n) is 10.9. The van der Waals surface area contributed by atoms with Crippen molar-refractivity contribution in [3.05, 3.63) is 40.4 Å². The summed E-state index contributed by atoms with van der Waals surface area (Å²) < 4.78 is 0. The molecular weight excluding hydrogens is 278 g/mol. The Labute approximate surface area is 121 Å². The van der Waals surface area contributed by atoms with Crippen LogP contribution in [0.15, 0.2) is 28.3 Å². The summed E-state index contributed by atoms with van der Waals surface area (Å²) in [5.74, 6) is 1.38. The second-order valence-corrected chi connectivity index (χ2v) is 6.32. The largest absolute Gasteiger partial charge is 0.246 e. The van der Waals surface area contributed by atoms with Crippen molar-refractivity contribution in [3.63, 3.8) is 0 Å². The summed E-state index contributed by atoms with van der Waals surface area (Å²) in [5, 5.41) is 2.34. The van der Waals surface area contributed by atoms with Crippen molar-refractivity contribution in [2.24, 2.45) is 0 Å². The maximum absolute atomic E-state index is 6.07. The topological polar surface area (TPSA) is 38.7 Å². The van der Waals surface area contributed by atoms with Gasteiger partial charge in [0.05, 0.1) is 0 Å². The number of rotatable bonds is 3. The Balaban J connectivity index is 1.89. The van der Waals surface area contributed by atoms with E-state index in [1.54, 1.807) is 17.8 Å². The monoisotopic (exact) mass is 291 g/mol. The zero-order valence-corrected chi connectivity index (χ0v) is 12.4. The number of nitrogens with zero attached hydrogens (tertiary/aromatic N) is 3. The van der Waals surface area contributed by atoms with Crippen molar-refractivity contribution in [3.8, 4) is 0 Å². The summed E-state index contributed by atoms with van der Waals surface area (Å²) in [6.07, 6.45) is 2.35. The maximum Gasteiger partial charge on any atom is 0.134 e. The van der Waals surface area contributed by atoms with Crippen LogP contribution in [0.3, 0.4) is 0 Å². The van der Waals surface area contributed by atoms with Crippen LogP contribution in [0.2, 0.25) is 5.15 Å². The number of pyridine rings is 1. The minimum absolute atomic E-state index is 0.505. The van der Waals surface area contributed by atoms with Gasteiger partial charge in [-0.1, -0.05) is 11.6 Å². The fourth-order valence-electron chi connectivity index (χ4n) is 1.95. The Kier molecular flexibility index (Phi) is 3.46. The van der Waals surface area contributed by atoms with E-state index in [4.69, 9.17) is 11.6 Å². The van der Waals surface area contributed by atoms with Gasteiger partial charge in [0.25, 0.3) is 0 Å². The quantitative estimate of drug-likeness (QED) is 0.796. The van der Waals surface area contributed by atoms with Crippen LogP contribution in [-0.4, -0.2) is 15.0 Å². The van der Waals surface area contributed by atoms with Crippen molar-refractivity contribution in [2.45, 2.75) is 42.7 Å². The van der Waals surface area contributed by atoms with E-state index in [0.717, 1.165) is 21.6 Å². The van der Waals surface area contributed by atoms with Crippen LogP contribution in [0.1, 0.15) is 35.8 Å². The molecule has 0 aliphatic heterocycles. The van der Waals surface area contributed by atoms with Crippen molar-refractivity contribution < 1.29 is 0 Å². The van der Waals surface area contributed by atoms with E-state index in [1.165, 1.54) is 18.4 Å². The summed E-state index contributed by atoms with van der Waals surface area (Å²) in [5.41, 5.74) is 2.22. The summed E-state index contributed by atoms with van der Waals surface area (Å²) in [4.78, 5) is 13.4. The Morgan fingerprint density at radius 2 is 1.79 bits per heavy atom. The number of aromatic nitrogens is 3. The first kappa shape index (κ1) is 12.9. The van der Waals surface area contributed by atoms with Crippen LogP contribution < -0.4 is 0 Å². The Hall–Kier alpha value is -1.13. The van der Waals surface area contributed by atoms with E-state index >= 15 is 0 Å². The molecule has 0 atom stereocenters. The third kappa shape index (κ3) is 3.25. The minimum Gasteiger partial charge on any atom is -0.246 e. The van der Waals surface area contributed by atoms with Gasteiger partial charge in [-0.25, -0.2) is 15.0 Å². The molecule has 3 rings (SSSR count). The van der Waals surface area contributed by atoms with E-state index in [1.807, 2.05) is 6.92 Å². The van der Waals surface area contributed by atoms with Gasteiger partial charge in [-0.3, -0.25) is 0 Å². The van der Waals surface area contributed by atoms with E-state index < -0.39 is 0 Å². The molecule has 0 radical (unpaired) electrons. The van der Waals surface area contributed by atoms with Gasteiger partial charge in [0, 0.05) is 17.7 Å². The summed E-state index contributed by atoms with van der Waals surface area (Å²) in [7, 11) is 0. The van der Waals surface area contributed by atoms with Crippen LogP contribution in [0.25, 0.3) is 0 Å². The molecule has 3 nitrogen and oxygen atoms in total. The fourth-order valence-corrected chi connectivity index (χ4v) is 3.17. The molecule has 2 aromatic rings. The zero-order chi connectivity index (χ0) is 13.4. The minimum atomic E-state index is 0.505. The first-order chi connectivity index (χ1) is 9.10. The molecule has 0 bridgehead atoms. The molecule has 0 unspecified atom stereocenters. The maximum atomic E-state index is 6.07. The van der Waals surface area contributed by atoms with Crippen LogP contribution in [0.5, 0.6) is 0 Å². The SMILES string of the molecule is Cc1cc(C)nc(Sc2cc(Cl)nc(C3CC3)n2)c1. The van der Waals surface area contributed by atoms with Crippen LogP contribution >= 0.6 is 23.4 Å². The van der Waals surface area contributed by atoms with Gasteiger partial charge in [-0.2, -0.15) is 0 Å². The van der Waals surface area contributed by atoms with Crippen molar-refractivity contribution in [1.29, 1.82) is 0 Å². The third-order valence-electron chi connectivity index (χ3n) is 2.91. The average molecular weight is 292 g/mol. The van der Waals surface area contributed by atoms with Crippen molar-refractivity contribution in [2.75, 3.05) is 0 Å². The van der Waals surface area contributed by atoms with Crippen LogP contribution in [-0.2, 0) is 0 Å². The normalized spacial score (nSPS) is 14.7. The molecule has 0 aromatic carbocycles. The predicted octanol–water partition coefficient (Wildman–Crippen LogP) is 4.17. The molecule has 1 fully saturated rings. The lowest BCUT2D eigenvalue weighted by atomic mass is 10.3. The Morgan fingerprint density at radius 3 is 2.47 bits per heavy atom. The Morgan fingerprint density at radius 1 is 1.05 bits per heavy atom. The van der Waals surface area contributed by atoms with Crippen LogP contribution in [0.4, 0.5) is 0 Å². The highest BCUT2D eigenvalue weighted by molar-refractivity contribution is 7.99. The highest BCUT2D eigenvalue weighted by Crippen LogP contribution is 2.39. The van der Waals surface area contributed by atoms with Crippen molar-refractivity contribution >= 4 is 23.4 Å². The summed E-state index contributed by atoms with van der Waals surface area (Å²) >= 11 is 7.61. The van der Waals surface area contributed by atoms with Crippen LogP contribution in [0, 0.1) is 13.8 Å². The van der Waals surface area contributed by atoms with Gasteiger partial charge in [0.15, 0.2) is 0 Å². The Bertz CT molecular complexity index is 606. The highest BCUT2D eigenvalue weighted by Gasteiger charge is 2.27. The molecule has 1 saturated carbocycles. The second-order valence-electron chi connectivity index (χ2n) is 4.89. The highest BCUT2D eigenvalue weighted by atomic mass is 35.5. The van der Waals surface area contributed by atoms with E-state index in [2.05, 4.69) is 34.0 Å². The number of aryl methyl sites for hydroxylation is 2. The van der Waals surface area contributed by atoms with Gasteiger partial charge >= 0.3 is 0 Å². The standard InChI is InChI=1S/C14H14ClN3S/c1-8-5-9(2)16-12(6-8)19-13-7-11(15)17-14(18-13)10-3-4-10/h5-7,10H,3-4H2,1-2H3. The van der Waals surface area contributed by atoms with Gasteiger partial charge in [-0.05, 0) is 56.1 Å². The molecule has 0 saturated heterocycles. The first-order valence-corrected chi connectivity index (χ1v) is 7.47.